The van der Waals surface area contributed by atoms with Gasteiger partial charge < -0.3 is 20.5 Å². The monoisotopic (exact) mass is 318 g/mol. The van der Waals surface area contributed by atoms with Gasteiger partial charge in [0, 0.05) is 20.3 Å². The van der Waals surface area contributed by atoms with E-state index in [9.17, 15) is 4.79 Å². The largest absolute Gasteiger partial charge is 0.392 e. The third kappa shape index (κ3) is 7.20. The molecule has 0 aliphatic heterocycles. The van der Waals surface area contributed by atoms with Gasteiger partial charge in [-0.15, -0.1) is 0 Å². The van der Waals surface area contributed by atoms with Crippen LogP contribution in [0.2, 0.25) is 0 Å². The van der Waals surface area contributed by atoms with E-state index in [0.29, 0.717) is 44.2 Å². The number of nitrogens with two attached hydrogens (primary N) is 1. The van der Waals surface area contributed by atoms with Crippen LogP contribution in [0.4, 0.5) is 0 Å². The van der Waals surface area contributed by atoms with Gasteiger partial charge in [-0.25, -0.2) is 0 Å². The number of thiocarbonyl (C=S) groups is 1. The topological polar surface area (TPSA) is 73.6 Å². The Morgan fingerprint density at radius 2 is 1.81 bits per heavy atom. The molecular weight excluding hydrogens is 288 g/mol. The number of carbonyl (C=O) groups is 1. The van der Waals surface area contributed by atoms with E-state index in [2.05, 4.69) is 5.32 Å². The van der Waals surface area contributed by atoms with Crippen molar-refractivity contribution in [3.05, 3.63) is 0 Å². The van der Waals surface area contributed by atoms with Crippen molar-refractivity contribution in [1.82, 2.24) is 5.32 Å². The number of hydrogen-bond acceptors (Lipinski definition) is 4. The molecule has 0 saturated heterocycles. The second-order valence-corrected chi connectivity index (χ2v) is 5.60. The quantitative estimate of drug-likeness (QED) is 0.401. The van der Waals surface area contributed by atoms with E-state index in [4.69, 9.17) is 27.4 Å². The molecule has 0 aliphatic rings. The van der Waals surface area contributed by atoms with Gasteiger partial charge in [-0.2, -0.15) is 0 Å². The zero-order valence-electron chi connectivity index (χ0n) is 13.6. The summed E-state index contributed by atoms with van der Waals surface area (Å²) in [5, 5.41) is 2.95. The normalized spacial score (nSPS) is 11.4. The van der Waals surface area contributed by atoms with Crippen molar-refractivity contribution in [3.63, 3.8) is 0 Å². The Morgan fingerprint density at radius 1 is 1.19 bits per heavy atom. The molecule has 0 aromatic rings. The summed E-state index contributed by atoms with van der Waals surface area (Å²) in [4.78, 5) is 12.8. The number of carbonyl (C=O) groups excluding carboxylic acids is 1. The molecule has 0 spiro atoms. The number of hydrogen-bond donors (Lipinski definition) is 2. The third-order valence-corrected chi connectivity index (χ3v) is 3.83. The lowest BCUT2D eigenvalue weighted by Gasteiger charge is -2.31. The second kappa shape index (κ2) is 11.9. The van der Waals surface area contributed by atoms with Gasteiger partial charge in [0.15, 0.2) is 0 Å². The van der Waals surface area contributed by atoms with Crippen LogP contribution in [0.25, 0.3) is 0 Å². The SMILES string of the molecule is CCCC(CCC)(C(=O)NCCCOCCOC)C(N)=S. The fourth-order valence-corrected chi connectivity index (χ4v) is 2.65. The van der Waals surface area contributed by atoms with Gasteiger partial charge >= 0.3 is 0 Å². The van der Waals surface area contributed by atoms with Crippen LogP contribution < -0.4 is 11.1 Å². The highest BCUT2D eigenvalue weighted by atomic mass is 32.1. The molecule has 0 heterocycles. The standard InChI is InChI=1S/C15H30N2O3S/c1-4-7-15(8-5-2,13(16)21)14(18)17-9-6-10-20-12-11-19-3/h4-12H2,1-3H3,(H2,16,21)(H,17,18). The number of nitrogens with one attached hydrogen (secondary N) is 1. The average Bonchev–Trinajstić information content (AvgIpc) is 2.45. The van der Waals surface area contributed by atoms with Crippen molar-refractivity contribution in [2.75, 3.05) is 33.5 Å². The van der Waals surface area contributed by atoms with Crippen LogP contribution in [-0.4, -0.2) is 44.4 Å². The van der Waals surface area contributed by atoms with E-state index in [1.54, 1.807) is 7.11 Å². The molecule has 0 radical (unpaired) electrons. The van der Waals surface area contributed by atoms with Crippen LogP contribution in [0, 0.1) is 5.41 Å². The molecule has 0 aromatic heterocycles. The van der Waals surface area contributed by atoms with Crippen molar-refractivity contribution in [2.45, 2.75) is 46.0 Å². The molecule has 0 atom stereocenters. The summed E-state index contributed by atoms with van der Waals surface area (Å²) in [6, 6.07) is 0. The molecule has 0 aromatic carbocycles. The lowest BCUT2D eigenvalue weighted by atomic mass is 9.78. The smallest absolute Gasteiger partial charge is 0.233 e. The van der Waals surface area contributed by atoms with Crippen molar-refractivity contribution in [3.8, 4) is 0 Å². The minimum atomic E-state index is -0.699. The van der Waals surface area contributed by atoms with E-state index < -0.39 is 5.41 Å². The number of ether oxygens (including phenoxy) is 2. The molecule has 0 bridgehead atoms. The molecule has 3 N–H and O–H groups in total. The predicted molar refractivity (Wildman–Crippen MR) is 89.4 cm³/mol. The summed E-state index contributed by atoms with van der Waals surface area (Å²) in [5.74, 6) is -0.0457. The van der Waals surface area contributed by atoms with Gasteiger partial charge in [-0.3, -0.25) is 4.79 Å². The molecule has 1 amide bonds. The third-order valence-electron chi connectivity index (χ3n) is 3.44. The van der Waals surface area contributed by atoms with Crippen LogP contribution in [0.3, 0.4) is 0 Å². The maximum absolute atomic E-state index is 12.5. The zero-order valence-corrected chi connectivity index (χ0v) is 14.4. The fourth-order valence-electron chi connectivity index (χ4n) is 2.35. The van der Waals surface area contributed by atoms with Crippen molar-refractivity contribution >= 4 is 23.1 Å². The van der Waals surface area contributed by atoms with Gasteiger partial charge in [0.1, 0.15) is 0 Å². The molecular formula is C15H30N2O3S. The van der Waals surface area contributed by atoms with Crippen molar-refractivity contribution in [1.29, 1.82) is 0 Å². The Hall–Kier alpha value is -0.720. The van der Waals surface area contributed by atoms with Crippen LogP contribution in [0.15, 0.2) is 0 Å². The molecule has 0 rings (SSSR count). The van der Waals surface area contributed by atoms with Crippen LogP contribution in [0.1, 0.15) is 46.0 Å². The molecule has 0 aliphatic carbocycles. The summed E-state index contributed by atoms with van der Waals surface area (Å²) in [5.41, 5.74) is 5.16. The van der Waals surface area contributed by atoms with Crippen LogP contribution in [0.5, 0.6) is 0 Å². The first-order valence-electron chi connectivity index (χ1n) is 7.70. The Kier molecular flexibility index (Phi) is 11.5. The summed E-state index contributed by atoms with van der Waals surface area (Å²) in [6.07, 6.45) is 3.93. The van der Waals surface area contributed by atoms with Gasteiger partial charge in [0.25, 0.3) is 0 Å². The molecule has 0 unspecified atom stereocenters. The minimum absolute atomic E-state index is 0.0457. The van der Waals surface area contributed by atoms with Gasteiger partial charge in [0.05, 0.1) is 23.6 Å². The summed E-state index contributed by atoms with van der Waals surface area (Å²) in [7, 11) is 1.64. The van der Waals surface area contributed by atoms with Crippen molar-refractivity contribution in [2.24, 2.45) is 11.1 Å². The summed E-state index contributed by atoms with van der Waals surface area (Å²) in [6.45, 7) is 6.42. The first-order valence-corrected chi connectivity index (χ1v) is 8.10. The Morgan fingerprint density at radius 3 is 2.29 bits per heavy atom. The molecule has 21 heavy (non-hydrogen) atoms. The van der Waals surface area contributed by atoms with Crippen LogP contribution >= 0.6 is 12.2 Å². The highest BCUT2D eigenvalue weighted by molar-refractivity contribution is 7.80. The lowest BCUT2D eigenvalue weighted by Crippen LogP contribution is -2.49. The Labute approximate surface area is 133 Å². The molecule has 0 fully saturated rings. The molecule has 0 saturated carbocycles. The maximum atomic E-state index is 12.5. The number of amides is 1. The molecule has 6 heteroatoms. The fraction of sp³-hybridized carbons (Fsp3) is 0.867. The highest BCUT2D eigenvalue weighted by Crippen LogP contribution is 2.30. The second-order valence-electron chi connectivity index (χ2n) is 5.16. The maximum Gasteiger partial charge on any atom is 0.233 e. The number of methoxy groups -OCH3 is 1. The minimum Gasteiger partial charge on any atom is -0.392 e. The Bertz CT molecular complexity index is 305. The predicted octanol–water partition coefficient (Wildman–Crippen LogP) is 2.03. The molecule has 124 valence electrons. The van der Waals surface area contributed by atoms with Gasteiger partial charge in [0.2, 0.25) is 5.91 Å². The summed E-state index contributed by atoms with van der Waals surface area (Å²) < 4.78 is 10.2. The van der Waals surface area contributed by atoms with Crippen LogP contribution in [-0.2, 0) is 14.3 Å². The van der Waals surface area contributed by atoms with Crippen molar-refractivity contribution < 1.29 is 14.3 Å². The highest BCUT2D eigenvalue weighted by Gasteiger charge is 2.39. The number of rotatable bonds is 13. The van der Waals surface area contributed by atoms with E-state index in [-0.39, 0.29) is 5.91 Å². The van der Waals surface area contributed by atoms with E-state index in [1.165, 1.54) is 0 Å². The van der Waals surface area contributed by atoms with E-state index in [0.717, 1.165) is 19.3 Å². The Balaban J connectivity index is 4.26. The first-order chi connectivity index (χ1) is 10.0. The lowest BCUT2D eigenvalue weighted by molar-refractivity contribution is -0.128. The van der Waals surface area contributed by atoms with Gasteiger partial charge in [-0.05, 0) is 19.3 Å². The zero-order chi connectivity index (χ0) is 16.1. The van der Waals surface area contributed by atoms with Gasteiger partial charge in [-0.1, -0.05) is 38.9 Å². The summed E-state index contributed by atoms with van der Waals surface area (Å²) >= 11 is 5.16. The van der Waals surface area contributed by atoms with E-state index >= 15 is 0 Å². The van der Waals surface area contributed by atoms with E-state index in [1.807, 2.05) is 13.8 Å². The first kappa shape index (κ1) is 20.3. The molecule has 5 nitrogen and oxygen atoms in total. The average molecular weight is 318 g/mol.